The molecule has 0 fully saturated rings. The normalized spacial score (nSPS) is 13.6. The molecular weight excluding hydrogens is 384 g/mol. The van der Waals surface area contributed by atoms with E-state index in [9.17, 15) is 4.79 Å². The number of amides is 1. The average Bonchev–Trinajstić information content (AvgIpc) is 3.36. The molecule has 0 atom stereocenters. The maximum Gasteiger partial charge on any atom is 0.277 e. The Kier molecular flexibility index (Phi) is 4.24. The summed E-state index contributed by atoms with van der Waals surface area (Å²) in [5.41, 5.74) is 5.97. The van der Waals surface area contributed by atoms with Crippen LogP contribution in [-0.2, 0) is 19.9 Å². The molecular formula is C21H22N6OS. The molecule has 0 aliphatic heterocycles. The van der Waals surface area contributed by atoms with E-state index in [2.05, 4.69) is 27.6 Å². The molecule has 1 aromatic carbocycles. The van der Waals surface area contributed by atoms with Gasteiger partial charge in [-0.1, -0.05) is 11.3 Å². The van der Waals surface area contributed by atoms with Crippen LogP contribution in [-0.4, -0.2) is 30.5 Å². The zero-order chi connectivity index (χ0) is 20.1. The highest BCUT2D eigenvalue weighted by atomic mass is 32.1. The minimum absolute atomic E-state index is 0.258. The van der Waals surface area contributed by atoms with E-state index in [-0.39, 0.29) is 5.91 Å². The summed E-state index contributed by atoms with van der Waals surface area (Å²) in [7, 11) is 1.82. The molecule has 3 heterocycles. The van der Waals surface area contributed by atoms with Gasteiger partial charge in [0.1, 0.15) is 5.82 Å². The molecule has 0 spiro atoms. The second-order valence-corrected chi connectivity index (χ2v) is 8.63. The Morgan fingerprint density at radius 3 is 2.55 bits per heavy atom. The Bertz CT molecular complexity index is 1190. The van der Waals surface area contributed by atoms with E-state index < -0.39 is 0 Å². The smallest absolute Gasteiger partial charge is 0.277 e. The lowest BCUT2D eigenvalue weighted by Crippen LogP contribution is -2.16. The summed E-state index contributed by atoms with van der Waals surface area (Å²) >= 11 is 1.60. The largest absolute Gasteiger partial charge is 0.305 e. The van der Waals surface area contributed by atoms with Gasteiger partial charge >= 0.3 is 0 Å². The molecule has 0 radical (unpaired) electrons. The van der Waals surface area contributed by atoms with Crippen LogP contribution in [0.1, 0.15) is 45.8 Å². The second kappa shape index (κ2) is 6.81. The van der Waals surface area contributed by atoms with E-state index in [1.54, 1.807) is 26.8 Å². The Morgan fingerprint density at radius 1 is 1.07 bits per heavy atom. The Labute approximate surface area is 172 Å². The van der Waals surface area contributed by atoms with Crippen molar-refractivity contribution in [3.8, 4) is 5.13 Å². The van der Waals surface area contributed by atoms with Gasteiger partial charge in [0.05, 0.1) is 15.9 Å². The number of aryl methyl sites for hydroxylation is 5. The fourth-order valence-electron chi connectivity index (χ4n) is 3.82. The fraction of sp³-hybridized carbons (Fsp3) is 0.333. The van der Waals surface area contributed by atoms with Crippen molar-refractivity contribution in [1.29, 1.82) is 0 Å². The van der Waals surface area contributed by atoms with Crippen molar-refractivity contribution in [2.24, 2.45) is 7.05 Å². The van der Waals surface area contributed by atoms with E-state index in [0.29, 0.717) is 11.5 Å². The first kappa shape index (κ1) is 18.1. The molecule has 0 saturated heterocycles. The van der Waals surface area contributed by atoms with E-state index in [1.807, 2.05) is 27.0 Å². The molecule has 7 nitrogen and oxygen atoms in total. The number of fused-ring (bicyclic) bond motifs is 2. The monoisotopic (exact) mass is 406 g/mol. The van der Waals surface area contributed by atoms with Crippen molar-refractivity contribution in [1.82, 2.24) is 24.5 Å². The molecule has 0 bridgehead atoms. The summed E-state index contributed by atoms with van der Waals surface area (Å²) in [4.78, 5) is 17.5. The highest BCUT2D eigenvalue weighted by Crippen LogP contribution is 2.32. The summed E-state index contributed by atoms with van der Waals surface area (Å²) < 4.78 is 4.56. The van der Waals surface area contributed by atoms with Crippen molar-refractivity contribution >= 4 is 33.3 Å². The number of thiazole rings is 1. The van der Waals surface area contributed by atoms with Gasteiger partial charge in [0.2, 0.25) is 5.13 Å². The maximum atomic E-state index is 12.7. The summed E-state index contributed by atoms with van der Waals surface area (Å²) in [5.74, 6) is 0.339. The van der Waals surface area contributed by atoms with Crippen LogP contribution in [0.5, 0.6) is 0 Å². The zero-order valence-electron chi connectivity index (χ0n) is 16.7. The van der Waals surface area contributed by atoms with Crippen molar-refractivity contribution < 1.29 is 4.79 Å². The molecule has 5 rings (SSSR count). The highest BCUT2D eigenvalue weighted by Gasteiger charge is 2.18. The van der Waals surface area contributed by atoms with Gasteiger partial charge in [-0.2, -0.15) is 14.9 Å². The second-order valence-electron chi connectivity index (χ2n) is 7.62. The Balaban J connectivity index is 1.51. The first-order chi connectivity index (χ1) is 14.0. The molecule has 1 aliphatic carbocycles. The predicted octanol–water partition coefficient (Wildman–Crippen LogP) is 3.96. The van der Waals surface area contributed by atoms with E-state index in [4.69, 9.17) is 4.98 Å². The number of carbonyl (C=O) groups is 1. The van der Waals surface area contributed by atoms with Crippen molar-refractivity contribution in [2.75, 3.05) is 5.32 Å². The number of hydrogen-bond donors (Lipinski definition) is 1. The Hall–Kier alpha value is -3.00. The lowest BCUT2D eigenvalue weighted by atomic mass is 9.92. The van der Waals surface area contributed by atoms with E-state index >= 15 is 0 Å². The molecule has 1 aliphatic rings. The number of hydrogen-bond acceptors (Lipinski definition) is 5. The molecule has 1 amide bonds. The van der Waals surface area contributed by atoms with Crippen LogP contribution in [0, 0.1) is 13.8 Å². The van der Waals surface area contributed by atoms with Gasteiger partial charge in [-0.3, -0.25) is 9.48 Å². The van der Waals surface area contributed by atoms with Crippen LogP contribution >= 0.6 is 11.3 Å². The maximum absolute atomic E-state index is 12.7. The number of anilines is 1. The van der Waals surface area contributed by atoms with E-state index in [1.165, 1.54) is 24.0 Å². The first-order valence-electron chi connectivity index (χ1n) is 9.79. The number of carbonyl (C=O) groups excluding carboxylic acids is 1. The molecule has 0 saturated carbocycles. The van der Waals surface area contributed by atoms with Crippen molar-refractivity contribution in [3.05, 3.63) is 52.5 Å². The number of nitrogens with one attached hydrogen (secondary N) is 1. The van der Waals surface area contributed by atoms with Crippen LogP contribution in [0.4, 0.5) is 5.82 Å². The highest BCUT2D eigenvalue weighted by molar-refractivity contribution is 7.20. The molecule has 1 N–H and O–H groups in total. The predicted molar refractivity (Wildman–Crippen MR) is 114 cm³/mol. The van der Waals surface area contributed by atoms with Crippen LogP contribution in [0.3, 0.4) is 0 Å². The fourth-order valence-corrected chi connectivity index (χ4v) is 4.80. The zero-order valence-corrected chi connectivity index (χ0v) is 17.5. The number of aromatic nitrogens is 5. The molecule has 29 heavy (non-hydrogen) atoms. The third-order valence-electron chi connectivity index (χ3n) is 5.44. The minimum atomic E-state index is -0.258. The third kappa shape index (κ3) is 3.23. The SMILES string of the molecule is Cc1cc(NC(=O)c2cc(C)n(C)n2)n(-c2nc3cc4c(cc3s2)CCCC4)n1. The molecule has 0 unspecified atom stereocenters. The van der Waals surface area contributed by atoms with Crippen LogP contribution < -0.4 is 5.32 Å². The molecule has 148 valence electrons. The van der Waals surface area contributed by atoms with Gasteiger partial charge in [-0.15, -0.1) is 0 Å². The Morgan fingerprint density at radius 2 is 1.83 bits per heavy atom. The van der Waals surface area contributed by atoms with Gasteiger partial charge in [0.25, 0.3) is 5.91 Å². The topological polar surface area (TPSA) is 77.6 Å². The summed E-state index contributed by atoms with van der Waals surface area (Å²) in [6.07, 6.45) is 4.77. The van der Waals surface area contributed by atoms with Gasteiger partial charge in [0, 0.05) is 18.8 Å². The quantitative estimate of drug-likeness (QED) is 0.559. The molecule has 4 aromatic rings. The van der Waals surface area contributed by atoms with E-state index in [0.717, 1.165) is 39.6 Å². The lowest BCUT2D eigenvalue weighted by molar-refractivity contribution is 0.102. The van der Waals surface area contributed by atoms with Crippen LogP contribution in [0.15, 0.2) is 24.3 Å². The lowest BCUT2D eigenvalue weighted by Gasteiger charge is -2.14. The summed E-state index contributed by atoms with van der Waals surface area (Å²) in [6, 6.07) is 8.11. The minimum Gasteiger partial charge on any atom is -0.305 e. The summed E-state index contributed by atoms with van der Waals surface area (Å²) in [6.45, 7) is 3.82. The number of rotatable bonds is 3. The third-order valence-corrected chi connectivity index (χ3v) is 6.44. The standard InChI is InChI=1S/C21H22N6OS/c1-12-8-19(23-20(28)17-9-13(2)26(3)25-17)27(24-12)21-22-16-10-14-6-4-5-7-15(14)11-18(16)29-21/h8-11H,4-7H2,1-3H3,(H,23,28). The molecule has 8 heteroatoms. The number of nitrogens with zero attached hydrogens (tertiary/aromatic N) is 5. The first-order valence-corrected chi connectivity index (χ1v) is 10.6. The average molecular weight is 407 g/mol. The van der Waals surface area contributed by atoms with Gasteiger partial charge < -0.3 is 5.32 Å². The molecule has 3 aromatic heterocycles. The van der Waals surface area contributed by atoms with Crippen LogP contribution in [0.2, 0.25) is 0 Å². The van der Waals surface area contributed by atoms with Crippen molar-refractivity contribution in [2.45, 2.75) is 39.5 Å². The van der Waals surface area contributed by atoms with Gasteiger partial charge in [-0.25, -0.2) is 4.98 Å². The van der Waals surface area contributed by atoms with Gasteiger partial charge in [-0.05, 0) is 68.9 Å². The van der Waals surface area contributed by atoms with Crippen molar-refractivity contribution in [3.63, 3.8) is 0 Å². The summed E-state index contributed by atoms with van der Waals surface area (Å²) in [5, 5.41) is 12.5. The van der Waals surface area contributed by atoms with Gasteiger partial charge in [0.15, 0.2) is 5.69 Å². The number of benzene rings is 1. The van der Waals surface area contributed by atoms with Crippen LogP contribution in [0.25, 0.3) is 15.3 Å².